The van der Waals surface area contributed by atoms with Crippen molar-refractivity contribution in [3.05, 3.63) is 95.3 Å². The smallest absolute Gasteiger partial charge is 0.0639 e. The third kappa shape index (κ3) is 3.66. The first-order valence-corrected chi connectivity index (χ1v) is 7.63. The number of para-hydroxylation sites is 1. The number of hydrogen-bond acceptors (Lipinski definition) is 2. The zero-order valence-electron chi connectivity index (χ0n) is 12.2. The van der Waals surface area contributed by atoms with Crippen LogP contribution in [0.3, 0.4) is 0 Å². The number of nitrogens with zero attached hydrogens (tertiary/aromatic N) is 2. The monoisotopic (exact) mass is 308 g/mol. The maximum atomic E-state index is 6.39. The molecule has 0 amide bonds. The van der Waals surface area contributed by atoms with Crippen LogP contribution >= 0.6 is 11.6 Å². The van der Waals surface area contributed by atoms with Crippen LogP contribution in [-0.2, 0) is 13.1 Å². The van der Waals surface area contributed by atoms with Crippen LogP contribution in [0.4, 0.5) is 5.69 Å². The van der Waals surface area contributed by atoms with Crippen LogP contribution in [0, 0.1) is 0 Å². The Hall–Kier alpha value is -2.32. The van der Waals surface area contributed by atoms with Gasteiger partial charge >= 0.3 is 0 Å². The summed E-state index contributed by atoms with van der Waals surface area (Å²) in [5.41, 5.74) is 3.46. The Morgan fingerprint density at radius 1 is 0.773 bits per heavy atom. The number of pyridine rings is 1. The number of anilines is 1. The number of halogens is 1. The summed E-state index contributed by atoms with van der Waals surface area (Å²) >= 11 is 6.39. The first-order valence-electron chi connectivity index (χ1n) is 7.25. The number of aromatic nitrogens is 1. The summed E-state index contributed by atoms with van der Waals surface area (Å²) in [5.74, 6) is 0. The van der Waals surface area contributed by atoms with E-state index in [1.807, 2.05) is 36.5 Å². The maximum Gasteiger partial charge on any atom is 0.0639 e. The zero-order valence-corrected chi connectivity index (χ0v) is 12.9. The van der Waals surface area contributed by atoms with E-state index in [0.717, 1.165) is 23.8 Å². The van der Waals surface area contributed by atoms with Crippen LogP contribution in [0.1, 0.15) is 11.1 Å². The molecule has 0 N–H and O–H groups in total. The molecule has 0 saturated heterocycles. The van der Waals surface area contributed by atoms with Gasteiger partial charge in [0, 0.05) is 25.5 Å². The molecular formula is C19H17ClN2. The van der Waals surface area contributed by atoms with Gasteiger partial charge in [0.15, 0.2) is 0 Å². The summed E-state index contributed by atoms with van der Waals surface area (Å²) in [6.07, 6.45) is 3.69. The molecule has 110 valence electrons. The van der Waals surface area contributed by atoms with Gasteiger partial charge in [0.2, 0.25) is 0 Å². The molecule has 1 aromatic heterocycles. The van der Waals surface area contributed by atoms with E-state index < -0.39 is 0 Å². The van der Waals surface area contributed by atoms with Gasteiger partial charge in [-0.05, 0) is 29.3 Å². The minimum absolute atomic E-state index is 0.766. The van der Waals surface area contributed by atoms with Crippen molar-refractivity contribution in [2.45, 2.75) is 13.1 Å². The van der Waals surface area contributed by atoms with Crippen LogP contribution in [-0.4, -0.2) is 4.98 Å². The van der Waals surface area contributed by atoms with Gasteiger partial charge in [0.1, 0.15) is 0 Å². The third-order valence-electron chi connectivity index (χ3n) is 3.51. The fraction of sp³-hybridized carbons (Fsp3) is 0.105. The summed E-state index contributed by atoms with van der Waals surface area (Å²) in [6.45, 7) is 1.58. The molecule has 0 aliphatic rings. The quantitative estimate of drug-likeness (QED) is 0.663. The van der Waals surface area contributed by atoms with Crippen molar-refractivity contribution in [3.8, 4) is 0 Å². The molecule has 0 fully saturated rings. The molecule has 0 spiro atoms. The Bertz CT molecular complexity index is 672. The lowest BCUT2D eigenvalue weighted by Crippen LogP contribution is -2.22. The van der Waals surface area contributed by atoms with Gasteiger partial charge in [-0.1, -0.05) is 60.1 Å². The number of benzene rings is 2. The van der Waals surface area contributed by atoms with Crippen molar-refractivity contribution >= 4 is 17.3 Å². The number of hydrogen-bond donors (Lipinski definition) is 0. The molecule has 2 aromatic carbocycles. The summed E-state index contributed by atoms with van der Waals surface area (Å²) in [7, 11) is 0. The third-order valence-corrected chi connectivity index (χ3v) is 3.83. The van der Waals surface area contributed by atoms with E-state index >= 15 is 0 Å². The average molecular weight is 309 g/mol. The molecule has 0 saturated carbocycles. The SMILES string of the molecule is Clc1ccccc1N(Cc1ccccc1)Cc1cccnc1. The number of rotatable bonds is 5. The second-order valence-electron chi connectivity index (χ2n) is 5.15. The molecule has 0 unspecified atom stereocenters. The van der Waals surface area contributed by atoms with Crippen LogP contribution in [0.2, 0.25) is 5.02 Å². The molecule has 0 bridgehead atoms. The standard InChI is InChI=1S/C19H17ClN2/c20-18-10-4-5-11-19(18)22(14-16-7-2-1-3-8-16)15-17-9-6-12-21-13-17/h1-13H,14-15H2. The van der Waals surface area contributed by atoms with Crippen molar-refractivity contribution < 1.29 is 0 Å². The fourth-order valence-corrected chi connectivity index (χ4v) is 2.71. The predicted molar refractivity (Wildman–Crippen MR) is 92.0 cm³/mol. The molecule has 3 aromatic rings. The van der Waals surface area contributed by atoms with Crippen LogP contribution < -0.4 is 4.90 Å². The van der Waals surface area contributed by atoms with E-state index in [-0.39, 0.29) is 0 Å². The van der Waals surface area contributed by atoms with E-state index in [1.165, 1.54) is 11.1 Å². The summed E-state index contributed by atoms with van der Waals surface area (Å²) in [5, 5.41) is 0.766. The van der Waals surface area contributed by atoms with E-state index in [9.17, 15) is 0 Å². The Morgan fingerprint density at radius 2 is 1.45 bits per heavy atom. The summed E-state index contributed by atoms with van der Waals surface area (Å²) in [4.78, 5) is 6.47. The highest BCUT2D eigenvalue weighted by Crippen LogP contribution is 2.28. The Labute approximate surface area is 136 Å². The lowest BCUT2D eigenvalue weighted by atomic mass is 10.1. The highest BCUT2D eigenvalue weighted by Gasteiger charge is 2.11. The lowest BCUT2D eigenvalue weighted by molar-refractivity contribution is 0.797. The summed E-state index contributed by atoms with van der Waals surface area (Å²) in [6, 6.07) is 22.4. The Kier molecular flexibility index (Phi) is 4.71. The van der Waals surface area contributed by atoms with Crippen molar-refractivity contribution in [1.29, 1.82) is 0 Å². The topological polar surface area (TPSA) is 16.1 Å². The van der Waals surface area contributed by atoms with Crippen molar-refractivity contribution in [1.82, 2.24) is 4.98 Å². The predicted octanol–water partition coefficient (Wildman–Crippen LogP) is 4.94. The van der Waals surface area contributed by atoms with Crippen molar-refractivity contribution in [2.24, 2.45) is 0 Å². The zero-order chi connectivity index (χ0) is 15.2. The van der Waals surface area contributed by atoms with E-state index in [1.54, 1.807) is 6.20 Å². The summed E-state index contributed by atoms with van der Waals surface area (Å²) < 4.78 is 0. The van der Waals surface area contributed by atoms with Gasteiger partial charge in [0.25, 0.3) is 0 Å². The largest absolute Gasteiger partial charge is 0.362 e. The first-order chi connectivity index (χ1) is 10.8. The maximum absolute atomic E-state index is 6.39. The van der Waals surface area contributed by atoms with Gasteiger partial charge in [-0.15, -0.1) is 0 Å². The van der Waals surface area contributed by atoms with Gasteiger partial charge in [-0.25, -0.2) is 0 Å². The Morgan fingerprint density at radius 3 is 2.18 bits per heavy atom. The molecule has 1 heterocycles. The Balaban J connectivity index is 1.90. The molecule has 0 aliphatic carbocycles. The van der Waals surface area contributed by atoms with Crippen molar-refractivity contribution in [2.75, 3.05) is 4.90 Å². The molecule has 22 heavy (non-hydrogen) atoms. The van der Waals surface area contributed by atoms with Crippen LogP contribution in [0.5, 0.6) is 0 Å². The van der Waals surface area contributed by atoms with Crippen LogP contribution in [0.25, 0.3) is 0 Å². The highest BCUT2D eigenvalue weighted by molar-refractivity contribution is 6.33. The molecule has 2 nitrogen and oxygen atoms in total. The average Bonchev–Trinajstić information content (AvgIpc) is 2.57. The highest BCUT2D eigenvalue weighted by atomic mass is 35.5. The molecule has 0 radical (unpaired) electrons. The lowest BCUT2D eigenvalue weighted by Gasteiger charge is -2.26. The van der Waals surface area contributed by atoms with Crippen molar-refractivity contribution in [3.63, 3.8) is 0 Å². The first kappa shape index (κ1) is 14.6. The van der Waals surface area contributed by atoms with E-state index in [0.29, 0.717) is 0 Å². The second kappa shape index (κ2) is 7.10. The van der Waals surface area contributed by atoms with Gasteiger partial charge in [-0.3, -0.25) is 4.98 Å². The fourth-order valence-electron chi connectivity index (χ4n) is 2.45. The molecule has 3 rings (SSSR count). The molecular weight excluding hydrogens is 292 g/mol. The van der Waals surface area contributed by atoms with Gasteiger partial charge < -0.3 is 4.90 Å². The molecule has 0 atom stereocenters. The minimum atomic E-state index is 0.766. The van der Waals surface area contributed by atoms with Gasteiger partial charge in [-0.2, -0.15) is 0 Å². The molecule has 0 aliphatic heterocycles. The van der Waals surface area contributed by atoms with E-state index in [2.05, 4.69) is 46.3 Å². The molecule has 3 heteroatoms. The van der Waals surface area contributed by atoms with Crippen LogP contribution in [0.15, 0.2) is 79.1 Å². The van der Waals surface area contributed by atoms with Gasteiger partial charge in [0.05, 0.1) is 10.7 Å². The second-order valence-corrected chi connectivity index (χ2v) is 5.56. The normalized spacial score (nSPS) is 10.4. The van der Waals surface area contributed by atoms with E-state index in [4.69, 9.17) is 11.6 Å². The minimum Gasteiger partial charge on any atom is -0.362 e.